The molecule has 0 aliphatic rings. The largest absolute Gasteiger partial charge is 0.573 e. The molecule has 2 rings (SSSR count). The highest BCUT2D eigenvalue weighted by Gasteiger charge is 2.31. The zero-order valence-electron chi connectivity index (χ0n) is 17.0. The Hall–Kier alpha value is -3.46. The van der Waals surface area contributed by atoms with Gasteiger partial charge in [-0.05, 0) is 24.1 Å². The molecular weight excluding hydrogens is 470 g/mol. The fraction of sp³-hybridized carbons (Fsp3) is 0.333. The molecule has 1 aromatic heterocycles. The van der Waals surface area contributed by atoms with Crippen LogP contribution in [0.3, 0.4) is 0 Å². The molecule has 0 radical (unpaired) electrons. The summed E-state index contributed by atoms with van der Waals surface area (Å²) in [5, 5.41) is 11.6. The number of carbonyl (C=O) groups is 2. The Morgan fingerprint density at radius 3 is 2.67 bits per heavy atom. The molecule has 0 bridgehead atoms. The van der Waals surface area contributed by atoms with Gasteiger partial charge in [0.1, 0.15) is 22.6 Å². The molecule has 2 aromatic rings. The maximum atomic E-state index is 14.1. The lowest BCUT2D eigenvalue weighted by Crippen LogP contribution is -2.34. The summed E-state index contributed by atoms with van der Waals surface area (Å²) in [6.07, 6.45) is -5.16. The number of hydrogen-bond donors (Lipinski definition) is 4. The van der Waals surface area contributed by atoms with Crippen LogP contribution in [0.2, 0.25) is 0 Å². The summed E-state index contributed by atoms with van der Waals surface area (Å²) in [4.78, 5) is 23.0. The number of hydrogen-bond acceptors (Lipinski definition) is 9. The average molecular weight is 491 g/mol. The van der Waals surface area contributed by atoms with E-state index in [1.165, 1.54) is 12.1 Å². The highest BCUT2D eigenvalue weighted by Crippen LogP contribution is 2.24. The number of benzene rings is 1. The van der Waals surface area contributed by atoms with E-state index in [1.54, 1.807) is 0 Å². The van der Waals surface area contributed by atoms with Gasteiger partial charge in [-0.3, -0.25) is 9.59 Å². The number of carbonyl (C=O) groups excluding carboxylic acids is 2. The normalized spacial score (nSPS) is 12.8. The fourth-order valence-electron chi connectivity index (χ4n) is 2.50. The molecule has 1 atom stereocenters. The number of aryl methyl sites for hydroxylation is 1. The molecule has 15 heteroatoms. The topological polar surface area (TPSA) is 162 Å². The van der Waals surface area contributed by atoms with Crippen molar-refractivity contribution in [2.45, 2.75) is 31.8 Å². The lowest BCUT2D eigenvalue weighted by molar-refractivity contribution is -0.274. The van der Waals surface area contributed by atoms with Crippen molar-refractivity contribution in [3.05, 3.63) is 46.7 Å². The number of nitrogens with zero attached hydrogens (tertiary/aromatic N) is 3. The third kappa shape index (κ3) is 9.69. The molecule has 0 spiro atoms. The Bertz CT molecular complexity index is 999. The van der Waals surface area contributed by atoms with Gasteiger partial charge in [0.15, 0.2) is 0 Å². The predicted octanol–water partition coefficient (Wildman–Crippen LogP) is 1.35. The third-order valence-electron chi connectivity index (χ3n) is 3.88. The maximum absolute atomic E-state index is 14.1. The van der Waals surface area contributed by atoms with Crippen molar-refractivity contribution in [3.63, 3.8) is 0 Å². The second-order valence-corrected chi connectivity index (χ2v) is 7.76. The molecule has 0 aliphatic heterocycles. The Balaban J connectivity index is 1.82. The van der Waals surface area contributed by atoms with Gasteiger partial charge in [0.2, 0.25) is 11.0 Å². The van der Waals surface area contributed by atoms with Crippen LogP contribution in [-0.4, -0.2) is 46.1 Å². The number of alkyl halides is 4. The summed E-state index contributed by atoms with van der Waals surface area (Å²) in [6.45, 7) is -0.243. The second kappa shape index (κ2) is 11.4. The standard InChI is InChI=1S/C18H21F4N7O3S/c19-11(8-29(25)9-13(23)16(24)31)4-5-15-27-28-17(33-15)26-14(30)7-10-2-1-3-12(6-10)32-18(20,21)22/h1-3,6,9,11H,4-5,7-8,23,25H2,(H2,24,31)(H,26,28,30)/b13-9-. The van der Waals surface area contributed by atoms with Crippen LogP contribution in [-0.2, 0) is 22.4 Å². The first-order valence-electron chi connectivity index (χ1n) is 9.30. The molecule has 0 saturated carbocycles. The summed E-state index contributed by atoms with van der Waals surface area (Å²) >= 11 is 1.03. The van der Waals surface area contributed by atoms with E-state index in [1.807, 2.05) is 0 Å². The SMILES string of the molecule is NC(=O)/C(N)=C/N(N)CC(F)CCc1nnc(NC(=O)Cc2cccc(OC(F)(F)F)c2)s1. The molecule has 0 saturated heterocycles. The fourth-order valence-corrected chi connectivity index (χ4v) is 3.27. The van der Waals surface area contributed by atoms with Crippen molar-refractivity contribution in [1.29, 1.82) is 0 Å². The minimum atomic E-state index is -4.83. The molecule has 10 nitrogen and oxygen atoms in total. The summed E-state index contributed by atoms with van der Waals surface area (Å²) in [5.74, 6) is 3.69. The van der Waals surface area contributed by atoms with Gasteiger partial charge in [-0.1, -0.05) is 23.5 Å². The summed E-state index contributed by atoms with van der Waals surface area (Å²) < 4.78 is 54.8. The van der Waals surface area contributed by atoms with Crippen molar-refractivity contribution in [2.75, 3.05) is 11.9 Å². The van der Waals surface area contributed by atoms with Gasteiger partial charge in [-0.15, -0.1) is 23.4 Å². The van der Waals surface area contributed by atoms with Crippen LogP contribution in [0, 0.1) is 0 Å². The van der Waals surface area contributed by atoms with E-state index in [9.17, 15) is 27.2 Å². The molecule has 1 unspecified atom stereocenters. The van der Waals surface area contributed by atoms with Crippen LogP contribution in [0.25, 0.3) is 0 Å². The monoisotopic (exact) mass is 491 g/mol. The van der Waals surface area contributed by atoms with Gasteiger partial charge in [-0.25, -0.2) is 10.2 Å². The number of aromatic nitrogens is 2. The molecule has 7 N–H and O–H groups in total. The first-order valence-corrected chi connectivity index (χ1v) is 10.1. The Kier molecular flexibility index (Phi) is 8.93. The molecular formula is C18H21F4N7O3S. The van der Waals surface area contributed by atoms with Crippen LogP contribution in [0.4, 0.5) is 22.7 Å². The number of rotatable bonds is 11. The minimum Gasteiger partial charge on any atom is -0.406 e. The van der Waals surface area contributed by atoms with Gasteiger partial charge in [0.05, 0.1) is 13.0 Å². The van der Waals surface area contributed by atoms with Crippen LogP contribution in [0.15, 0.2) is 36.2 Å². The highest BCUT2D eigenvalue weighted by atomic mass is 32.1. The van der Waals surface area contributed by atoms with Gasteiger partial charge in [0.25, 0.3) is 5.91 Å². The van der Waals surface area contributed by atoms with Crippen LogP contribution in [0.5, 0.6) is 5.75 Å². The number of ether oxygens (including phenoxy) is 1. The quantitative estimate of drug-likeness (QED) is 0.158. The van der Waals surface area contributed by atoms with Crippen molar-refractivity contribution in [3.8, 4) is 5.75 Å². The first-order chi connectivity index (χ1) is 15.4. The van der Waals surface area contributed by atoms with Crippen LogP contribution in [0.1, 0.15) is 17.0 Å². The summed E-state index contributed by atoms with van der Waals surface area (Å²) in [7, 11) is 0. The zero-order valence-corrected chi connectivity index (χ0v) is 17.8. The lowest BCUT2D eigenvalue weighted by atomic mass is 10.1. The highest BCUT2D eigenvalue weighted by molar-refractivity contribution is 7.15. The summed E-state index contributed by atoms with van der Waals surface area (Å²) in [5.41, 5.74) is 10.3. The van der Waals surface area contributed by atoms with Crippen molar-refractivity contribution < 1.29 is 31.9 Å². The summed E-state index contributed by atoms with van der Waals surface area (Å²) in [6, 6.07) is 5.03. The van der Waals surface area contributed by atoms with Crippen molar-refractivity contribution in [2.24, 2.45) is 17.3 Å². The number of hydrazine groups is 1. The number of primary amides is 1. The minimum absolute atomic E-state index is 0.0343. The molecule has 1 aromatic carbocycles. The molecule has 0 aliphatic carbocycles. The Morgan fingerprint density at radius 1 is 1.27 bits per heavy atom. The number of amides is 2. The number of halogens is 4. The second-order valence-electron chi connectivity index (χ2n) is 6.70. The molecule has 1 heterocycles. The van der Waals surface area contributed by atoms with Gasteiger partial charge in [-0.2, -0.15) is 0 Å². The van der Waals surface area contributed by atoms with Crippen LogP contribution < -0.4 is 27.4 Å². The average Bonchev–Trinajstić information content (AvgIpc) is 3.12. The van der Waals surface area contributed by atoms with E-state index in [0.717, 1.165) is 34.7 Å². The van der Waals surface area contributed by atoms with Crippen LogP contribution >= 0.6 is 11.3 Å². The van der Waals surface area contributed by atoms with Gasteiger partial charge >= 0.3 is 6.36 Å². The smallest absolute Gasteiger partial charge is 0.406 e. The third-order valence-corrected chi connectivity index (χ3v) is 4.78. The van der Waals surface area contributed by atoms with E-state index >= 15 is 0 Å². The van der Waals surface area contributed by atoms with E-state index in [0.29, 0.717) is 10.6 Å². The maximum Gasteiger partial charge on any atom is 0.573 e. The Labute approximate surface area is 189 Å². The molecule has 2 amide bonds. The van der Waals surface area contributed by atoms with Crippen molar-refractivity contribution in [1.82, 2.24) is 15.2 Å². The van der Waals surface area contributed by atoms with E-state index in [4.69, 9.17) is 17.3 Å². The zero-order chi connectivity index (χ0) is 24.6. The molecule has 180 valence electrons. The lowest BCUT2D eigenvalue weighted by Gasteiger charge is -2.16. The van der Waals surface area contributed by atoms with E-state index in [-0.39, 0.29) is 36.6 Å². The number of anilines is 1. The molecule has 0 fully saturated rings. The molecule has 33 heavy (non-hydrogen) atoms. The predicted molar refractivity (Wildman–Crippen MR) is 111 cm³/mol. The number of nitrogens with one attached hydrogen (secondary N) is 1. The number of nitrogens with two attached hydrogens (primary N) is 3. The first kappa shape index (κ1) is 25.8. The van der Waals surface area contributed by atoms with Gasteiger partial charge in [0, 0.05) is 12.6 Å². The van der Waals surface area contributed by atoms with E-state index < -0.39 is 30.1 Å². The van der Waals surface area contributed by atoms with E-state index in [2.05, 4.69) is 20.3 Å². The van der Waals surface area contributed by atoms with Gasteiger partial charge < -0.3 is 26.5 Å². The van der Waals surface area contributed by atoms with Crippen molar-refractivity contribution >= 4 is 28.3 Å². The Morgan fingerprint density at radius 2 is 2.00 bits per heavy atom.